The fraction of sp³-hybridized carbons (Fsp3) is 0.267. The van der Waals surface area contributed by atoms with Gasteiger partial charge in [0.2, 0.25) is 12.1 Å². The minimum absolute atomic E-state index is 0.141. The molecule has 1 heterocycles. The van der Waals surface area contributed by atoms with Crippen molar-refractivity contribution in [1.29, 1.82) is 0 Å². The third-order valence-corrected chi connectivity index (χ3v) is 6.48. The monoisotopic (exact) mass is 512 g/mol. The topological polar surface area (TPSA) is 102 Å². The van der Waals surface area contributed by atoms with Crippen LogP contribution in [0.1, 0.15) is 37.5 Å². The molecule has 196 valence electrons. The predicted molar refractivity (Wildman–Crippen MR) is 147 cm³/mol. The minimum atomic E-state index is -1.25. The van der Waals surface area contributed by atoms with Crippen molar-refractivity contribution in [3.05, 3.63) is 102 Å². The Morgan fingerprint density at radius 3 is 2.16 bits per heavy atom. The molecule has 1 unspecified atom stereocenters. The third kappa shape index (κ3) is 5.59. The number of carbonyl (C=O) groups is 3. The average molecular weight is 513 g/mol. The number of hydrogen-bond donors (Lipinski definition) is 2. The summed E-state index contributed by atoms with van der Waals surface area (Å²) in [6.07, 6.45) is -2.33. The highest BCUT2D eigenvalue weighted by molar-refractivity contribution is 6.20. The van der Waals surface area contributed by atoms with Crippen LogP contribution in [0.25, 0.3) is 0 Å². The molecule has 0 aliphatic carbocycles. The summed E-state index contributed by atoms with van der Waals surface area (Å²) in [6.45, 7) is 5.21. The fourth-order valence-electron chi connectivity index (χ4n) is 4.70. The van der Waals surface area contributed by atoms with Crippen molar-refractivity contribution < 1.29 is 19.5 Å². The zero-order valence-electron chi connectivity index (χ0n) is 22.0. The number of rotatable bonds is 6. The molecule has 1 aliphatic rings. The van der Waals surface area contributed by atoms with Crippen LogP contribution in [0, 0.1) is 0 Å². The second-order valence-corrected chi connectivity index (χ2v) is 10.2. The van der Waals surface area contributed by atoms with Crippen LogP contribution in [-0.2, 0) is 16.0 Å². The van der Waals surface area contributed by atoms with E-state index in [1.165, 1.54) is 4.90 Å². The normalized spacial score (nSPS) is 16.1. The third-order valence-electron chi connectivity index (χ3n) is 6.48. The first-order valence-corrected chi connectivity index (χ1v) is 12.4. The lowest BCUT2D eigenvalue weighted by atomic mass is 9.97. The molecule has 0 saturated carbocycles. The minimum Gasteiger partial charge on any atom is -0.465 e. The van der Waals surface area contributed by atoms with Crippen LogP contribution in [0.5, 0.6) is 0 Å². The first-order valence-electron chi connectivity index (χ1n) is 12.4. The van der Waals surface area contributed by atoms with Gasteiger partial charge in [0, 0.05) is 30.1 Å². The number of carbonyl (C=O) groups excluding carboxylic acids is 2. The quantitative estimate of drug-likeness (QED) is 0.513. The molecular formula is C30H32N4O4. The Labute approximate surface area is 222 Å². The second-order valence-electron chi connectivity index (χ2n) is 10.2. The fourth-order valence-corrected chi connectivity index (χ4v) is 4.70. The molecule has 2 atom stereocenters. The highest BCUT2D eigenvalue weighted by Gasteiger charge is 2.40. The summed E-state index contributed by atoms with van der Waals surface area (Å²) < 4.78 is 0. The largest absolute Gasteiger partial charge is 0.465 e. The lowest BCUT2D eigenvalue weighted by Crippen LogP contribution is -2.59. The van der Waals surface area contributed by atoms with Crippen LogP contribution in [0.2, 0.25) is 0 Å². The van der Waals surface area contributed by atoms with Gasteiger partial charge in [-0.1, -0.05) is 78.9 Å². The van der Waals surface area contributed by atoms with E-state index in [0.29, 0.717) is 11.4 Å². The Balaban J connectivity index is 1.76. The molecule has 0 aromatic heterocycles. The van der Waals surface area contributed by atoms with E-state index in [1.807, 2.05) is 84.9 Å². The number of benzodiazepines with no additional fused rings is 1. The number of anilines is 1. The number of hydrogen-bond acceptors (Lipinski definition) is 4. The predicted octanol–water partition coefficient (Wildman–Crippen LogP) is 4.33. The van der Waals surface area contributed by atoms with E-state index in [4.69, 9.17) is 4.99 Å². The van der Waals surface area contributed by atoms with Crippen LogP contribution < -0.4 is 10.2 Å². The molecule has 0 fully saturated rings. The maximum atomic E-state index is 13.8. The lowest BCUT2D eigenvalue weighted by Gasteiger charge is -2.39. The molecule has 8 heteroatoms. The molecule has 0 spiro atoms. The molecule has 0 saturated heterocycles. The highest BCUT2D eigenvalue weighted by atomic mass is 16.4. The summed E-state index contributed by atoms with van der Waals surface area (Å²) in [7, 11) is 1.64. The number of aliphatic imine (C=N–C) groups is 1. The van der Waals surface area contributed by atoms with E-state index >= 15 is 0 Å². The van der Waals surface area contributed by atoms with E-state index in [9.17, 15) is 19.5 Å². The Bertz CT molecular complexity index is 1350. The van der Waals surface area contributed by atoms with Gasteiger partial charge in [0.05, 0.1) is 11.4 Å². The first kappa shape index (κ1) is 26.6. The zero-order valence-corrected chi connectivity index (χ0v) is 22.0. The van der Waals surface area contributed by atoms with Crippen LogP contribution in [0.3, 0.4) is 0 Å². The number of nitrogens with one attached hydrogen (secondary N) is 1. The summed E-state index contributed by atoms with van der Waals surface area (Å²) in [5, 5.41) is 12.9. The van der Waals surface area contributed by atoms with Crippen molar-refractivity contribution in [3.8, 4) is 0 Å². The second kappa shape index (κ2) is 10.9. The number of para-hydroxylation sites is 1. The van der Waals surface area contributed by atoms with Gasteiger partial charge < -0.3 is 15.3 Å². The molecule has 8 nitrogen and oxygen atoms in total. The molecule has 3 amide bonds. The SMILES string of the molecule is CN1C(=O)C(NC(=O)[C@@H](Cc2ccccc2)N(C(=O)O)C(C)(C)C)N=C(c2ccccc2)c2ccccc21. The van der Waals surface area contributed by atoms with Crippen LogP contribution in [0.15, 0.2) is 89.9 Å². The zero-order chi connectivity index (χ0) is 27.4. The number of nitrogens with zero attached hydrogens (tertiary/aromatic N) is 3. The van der Waals surface area contributed by atoms with Gasteiger partial charge >= 0.3 is 6.09 Å². The molecule has 0 bridgehead atoms. The van der Waals surface area contributed by atoms with Crippen molar-refractivity contribution in [1.82, 2.24) is 10.2 Å². The summed E-state index contributed by atoms with van der Waals surface area (Å²) in [5.41, 5.74) is 2.71. The summed E-state index contributed by atoms with van der Waals surface area (Å²) in [4.78, 5) is 47.1. The molecule has 1 aliphatic heterocycles. The Morgan fingerprint density at radius 2 is 1.55 bits per heavy atom. The Hall–Kier alpha value is -4.46. The van der Waals surface area contributed by atoms with Crippen molar-refractivity contribution in [2.75, 3.05) is 11.9 Å². The molecule has 2 N–H and O–H groups in total. The summed E-state index contributed by atoms with van der Waals surface area (Å²) in [6, 6.07) is 25.0. The van der Waals surface area contributed by atoms with Crippen molar-refractivity contribution >= 4 is 29.3 Å². The van der Waals surface area contributed by atoms with Gasteiger partial charge in [-0.05, 0) is 32.4 Å². The van der Waals surface area contributed by atoms with Gasteiger partial charge in [0.1, 0.15) is 6.04 Å². The maximum Gasteiger partial charge on any atom is 0.408 e. The van der Waals surface area contributed by atoms with Gasteiger partial charge in [-0.3, -0.25) is 14.5 Å². The molecule has 38 heavy (non-hydrogen) atoms. The van der Waals surface area contributed by atoms with Gasteiger partial charge in [-0.2, -0.15) is 0 Å². The smallest absolute Gasteiger partial charge is 0.408 e. The molecular weight excluding hydrogens is 480 g/mol. The van der Waals surface area contributed by atoms with E-state index in [2.05, 4.69) is 5.32 Å². The van der Waals surface area contributed by atoms with Gasteiger partial charge in [0.25, 0.3) is 5.91 Å². The summed E-state index contributed by atoms with van der Waals surface area (Å²) >= 11 is 0. The standard InChI is InChI=1S/C30H32N4O4/c1-30(2,3)34(29(37)38)24(19-20-13-7-5-8-14-20)27(35)32-26-28(36)33(4)23-18-12-11-17-22(23)25(31-26)21-15-9-6-10-16-21/h5-18,24,26H,19H2,1-4H3,(H,32,35)(H,37,38)/t24-,26?/m1/s1. The average Bonchev–Trinajstić information content (AvgIpc) is 2.99. The van der Waals surface area contributed by atoms with Crippen LogP contribution in [-0.4, -0.2) is 58.4 Å². The van der Waals surface area contributed by atoms with Gasteiger partial charge in [-0.15, -0.1) is 0 Å². The van der Waals surface area contributed by atoms with Gasteiger partial charge in [-0.25, -0.2) is 9.79 Å². The maximum absolute atomic E-state index is 13.8. The van der Waals surface area contributed by atoms with Crippen molar-refractivity contribution in [2.45, 2.75) is 44.9 Å². The van der Waals surface area contributed by atoms with E-state index in [0.717, 1.165) is 21.6 Å². The van der Waals surface area contributed by atoms with E-state index in [-0.39, 0.29) is 6.42 Å². The highest BCUT2D eigenvalue weighted by Crippen LogP contribution is 2.27. The van der Waals surface area contributed by atoms with Crippen molar-refractivity contribution in [2.24, 2.45) is 4.99 Å². The van der Waals surface area contributed by atoms with Gasteiger partial charge in [0.15, 0.2) is 0 Å². The first-order chi connectivity index (χ1) is 18.1. The number of benzene rings is 3. The summed E-state index contributed by atoms with van der Waals surface area (Å²) in [5.74, 6) is -1.02. The number of amides is 3. The van der Waals surface area contributed by atoms with Crippen LogP contribution in [0.4, 0.5) is 10.5 Å². The molecule has 4 rings (SSSR count). The Morgan fingerprint density at radius 1 is 0.974 bits per heavy atom. The molecule has 3 aromatic carbocycles. The molecule has 0 radical (unpaired) electrons. The molecule has 3 aromatic rings. The lowest BCUT2D eigenvalue weighted by molar-refractivity contribution is -0.131. The Kier molecular flexibility index (Phi) is 7.62. The van der Waals surface area contributed by atoms with E-state index in [1.54, 1.807) is 27.8 Å². The number of fused-ring (bicyclic) bond motifs is 1. The van der Waals surface area contributed by atoms with Crippen molar-refractivity contribution in [3.63, 3.8) is 0 Å². The number of carboxylic acid groups (broad SMARTS) is 1. The van der Waals surface area contributed by atoms with E-state index < -0.39 is 35.7 Å². The van der Waals surface area contributed by atoms with Crippen LogP contribution >= 0.6 is 0 Å². The number of likely N-dealkylation sites (N-methyl/N-ethyl adjacent to an activating group) is 1.